The molecule has 0 fully saturated rings. The highest BCUT2D eigenvalue weighted by molar-refractivity contribution is 9.10. The summed E-state index contributed by atoms with van der Waals surface area (Å²) in [4.78, 5) is 16.5. The van der Waals surface area contributed by atoms with E-state index < -0.39 is 0 Å². The van der Waals surface area contributed by atoms with Gasteiger partial charge in [0.25, 0.3) is 0 Å². The van der Waals surface area contributed by atoms with Gasteiger partial charge in [-0.1, -0.05) is 46.3 Å². The summed E-state index contributed by atoms with van der Waals surface area (Å²) in [5, 5.41) is 9.36. The van der Waals surface area contributed by atoms with Gasteiger partial charge in [-0.15, -0.1) is 0 Å². The van der Waals surface area contributed by atoms with Gasteiger partial charge in [0.05, 0.1) is 13.2 Å². The minimum atomic E-state index is -0.321. The van der Waals surface area contributed by atoms with Gasteiger partial charge in [0, 0.05) is 35.7 Å². The van der Waals surface area contributed by atoms with Crippen molar-refractivity contribution in [3.8, 4) is 0 Å². The van der Waals surface area contributed by atoms with Crippen molar-refractivity contribution in [3.05, 3.63) is 69.9 Å². The minimum Gasteiger partial charge on any atom is -0.395 e. The summed E-state index contributed by atoms with van der Waals surface area (Å²) in [6.45, 7) is 5.07. The second kappa shape index (κ2) is 10.5. The molecular weight excluding hydrogens is 411 g/mol. The molecule has 0 atom stereocenters. The van der Waals surface area contributed by atoms with Gasteiger partial charge in [-0.05, 0) is 37.6 Å². The van der Waals surface area contributed by atoms with Crippen molar-refractivity contribution in [2.24, 2.45) is 0 Å². The van der Waals surface area contributed by atoms with Gasteiger partial charge in [0.1, 0.15) is 5.82 Å². The lowest BCUT2D eigenvalue weighted by Crippen LogP contribution is -2.43. The normalized spacial score (nSPS) is 11.2. The first-order chi connectivity index (χ1) is 12.9. The number of carbonyl (C=O) groups is 1. The molecule has 1 N–H and O–H groups in total. The highest BCUT2D eigenvalue weighted by Crippen LogP contribution is 2.18. The number of hydrogen-bond donors (Lipinski definition) is 1. The zero-order valence-electron chi connectivity index (χ0n) is 15.7. The van der Waals surface area contributed by atoms with Crippen LogP contribution in [0.5, 0.6) is 0 Å². The van der Waals surface area contributed by atoms with Crippen molar-refractivity contribution in [1.82, 2.24) is 9.80 Å². The molecule has 0 saturated heterocycles. The number of benzene rings is 2. The van der Waals surface area contributed by atoms with Gasteiger partial charge in [-0.2, -0.15) is 0 Å². The molecule has 4 nitrogen and oxygen atoms in total. The zero-order chi connectivity index (χ0) is 19.8. The first kappa shape index (κ1) is 21.5. The molecular formula is C21H26BrFN2O2. The van der Waals surface area contributed by atoms with Crippen LogP contribution in [0, 0.1) is 5.82 Å². The highest BCUT2D eigenvalue weighted by Gasteiger charge is 2.21. The van der Waals surface area contributed by atoms with Crippen LogP contribution in [0.3, 0.4) is 0 Å². The molecule has 0 bridgehead atoms. The first-order valence-electron chi connectivity index (χ1n) is 9.01. The minimum absolute atomic E-state index is 0.0382. The largest absolute Gasteiger partial charge is 0.395 e. The predicted octanol–water partition coefficient (Wildman–Crippen LogP) is 3.82. The van der Waals surface area contributed by atoms with Crippen LogP contribution >= 0.6 is 15.9 Å². The second-order valence-electron chi connectivity index (χ2n) is 6.77. The van der Waals surface area contributed by atoms with Crippen molar-refractivity contribution < 1.29 is 14.3 Å². The third-order valence-electron chi connectivity index (χ3n) is 4.32. The van der Waals surface area contributed by atoms with Crippen LogP contribution in [0.15, 0.2) is 53.0 Å². The quantitative estimate of drug-likeness (QED) is 0.649. The van der Waals surface area contributed by atoms with E-state index in [2.05, 4.69) is 15.9 Å². The summed E-state index contributed by atoms with van der Waals surface area (Å²) in [6.07, 6.45) is 0. The lowest BCUT2D eigenvalue weighted by Gasteiger charge is -2.30. The van der Waals surface area contributed by atoms with Crippen LogP contribution in [-0.4, -0.2) is 46.6 Å². The van der Waals surface area contributed by atoms with Gasteiger partial charge >= 0.3 is 0 Å². The smallest absolute Gasteiger partial charge is 0.237 e. The van der Waals surface area contributed by atoms with Crippen molar-refractivity contribution >= 4 is 21.8 Å². The molecule has 0 saturated carbocycles. The first-order valence-corrected chi connectivity index (χ1v) is 9.80. The van der Waals surface area contributed by atoms with E-state index in [4.69, 9.17) is 0 Å². The summed E-state index contributed by atoms with van der Waals surface area (Å²) in [7, 11) is 0. The van der Waals surface area contributed by atoms with Gasteiger partial charge < -0.3 is 10.0 Å². The van der Waals surface area contributed by atoms with Crippen LogP contribution in [0.1, 0.15) is 25.0 Å². The number of nitrogens with zero attached hydrogens (tertiary/aromatic N) is 2. The van der Waals surface area contributed by atoms with Crippen molar-refractivity contribution in [2.45, 2.75) is 33.0 Å². The lowest BCUT2D eigenvalue weighted by molar-refractivity contribution is -0.135. The monoisotopic (exact) mass is 436 g/mol. The molecule has 1 amide bonds. The SMILES string of the molecule is CC(C)N(Cc1ccccc1)C(=O)CN(CCO)Cc1cc(Br)ccc1F. The molecule has 2 rings (SSSR count). The van der Waals surface area contributed by atoms with Crippen LogP contribution in [0.25, 0.3) is 0 Å². The Morgan fingerprint density at radius 1 is 1.15 bits per heavy atom. The summed E-state index contributed by atoms with van der Waals surface area (Å²) in [6, 6.07) is 14.6. The molecule has 0 heterocycles. The van der Waals surface area contributed by atoms with Crippen molar-refractivity contribution in [1.29, 1.82) is 0 Å². The summed E-state index contributed by atoms with van der Waals surface area (Å²) < 4.78 is 14.9. The fourth-order valence-electron chi connectivity index (χ4n) is 2.88. The molecule has 0 aromatic heterocycles. The highest BCUT2D eigenvalue weighted by atomic mass is 79.9. The number of rotatable bonds is 9. The second-order valence-corrected chi connectivity index (χ2v) is 7.69. The van der Waals surface area contributed by atoms with E-state index >= 15 is 0 Å². The van der Waals surface area contributed by atoms with Crippen molar-refractivity contribution in [3.63, 3.8) is 0 Å². The molecule has 146 valence electrons. The fraction of sp³-hybridized carbons (Fsp3) is 0.381. The molecule has 0 unspecified atom stereocenters. The Kier molecular flexibility index (Phi) is 8.41. The van der Waals surface area contributed by atoms with Crippen molar-refractivity contribution in [2.75, 3.05) is 19.7 Å². The summed E-state index contributed by atoms with van der Waals surface area (Å²) >= 11 is 3.35. The van der Waals surface area contributed by atoms with Crippen LogP contribution in [-0.2, 0) is 17.9 Å². The Hall–Kier alpha value is -1.76. The molecule has 0 radical (unpaired) electrons. The number of halogens is 2. The molecule has 0 aliphatic rings. The summed E-state index contributed by atoms with van der Waals surface area (Å²) in [5.41, 5.74) is 1.55. The van der Waals surface area contributed by atoms with Gasteiger partial charge in [0.2, 0.25) is 5.91 Å². The predicted molar refractivity (Wildman–Crippen MR) is 109 cm³/mol. The van der Waals surface area contributed by atoms with E-state index in [0.717, 1.165) is 10.0 Å². The lowest BCUT2D eigenvalue weighted by atomic mass is 10.1. The third kappa shape index (κ3) is 6.72. The number of aliphatic hydroxyl groups excluding tert-OH is 1. The number of hydrogen-bond acceptors (Lipinski definition) is 3. The van der Waals surface area contributed by atoms with Gasteiger partial charge in [0.15, 0.2) is 0 Å². The molecule has 2 aromatic rings. The van der Waals surface area contributed by atoms with Crippen LogP contribution in [0.4, 0.5) is 4.39 Å². The maximum absolute atomic E-state index is 14.1. The Labute approximate surface area is 168 Å². The average molecular weight is 437 g/mol. The number of carbonyl (C=O) groups excluding carboxylic acids is 1. The van der Waals surface area contributed by atoms with Crippen LogP contribution < -0.4 is 0 Å². The van der Waals surface area contributed by atoms with E-state index in [9.17, 15) is 14.3 Å². The molecule has 2 aromatic carbocycles. The average Bonchev–Trinajstić information content (AvgIpc) is 2.63. The number of aliphatic hydroxyl groups is 1. The Morgan fingerprint density at radius 3 is 2.48 bits per heavy atom. The molecule has 0 aliphatic heterocycles. The van der Waals surface area contributed by atoms with E-state index in [0.29, 0.717) is 18.7 Å². The Morgan fingerprint density at radius 2 is 1.85 bits per heavy atom. The Bertz CT molecular complexity index is 740. The Balaban J connectivity index is 2.10. The maximum atomic E-state index is 14.1. The van der Waals surface area contributed by atoms with E-state index in [-0.39, 0.29) is 37.5 Å². The van der Waals surface area contributed by atoms with E-state index in [1.165, 1.54) is 6.07 Å². The molecule has 0 aliphatic carbocycles. The number of amides is 1. The fourth-order valence-corrected chi connectivity index (χ4v) is 3.29. The third-order valence-corrected chi connectivity index (χ3v) is 4.81. The van der Waals surface area contributed by atoms with E-state index in [1.54, 1.807) is 21.9 Å². The van der Waals surface area contributed by atoms with Crippen LogP contribution in [0.2, 0.25) is 0 Å². The molecule has 27 heavy (non-hydrogen) atoms. The molecule has 6 heteroatoms. The van der Waals surface area contributed by atoms with Gasteiger partial charge in [-0.25, -0.2) is 4.39 Å². The standard InChI is InChI=1S/C21H26BrFN2O2/c1-16(2)25(13-17-6-4-3-5-7-17)21(27)15-24(10-11-26)14-18-12-19(22)8-9-20(18)23/h3-9,12,16,26H,10-11,13-15H2,1-2H3. The summed E-state index contributed by atoms with van der Waals surface area (Å²) in [5.74, 6) is -0.365. The molecule has 0 spiro atoms. The van der Waals surface area contributed by atoms with Gasteiger partial charge in [-0.3, -0.25) is 9.69 Å². The topological polar surface area (TPSA) is 43.8 Å². The van der Waals surface area contributed by atoms with E-state index in [1.807, 2.05) is 44.2 Å². The maximum Gasteiger partial charge on any atom is 0.237 e. The zero-order valence-corrected chi connectivity index (χ0v) is 17.3.